The van der Waals surface area contributed by atoms with Crippen molar-refractivity contribution in [2.45, 2.75) is 4.90 Å². The number of nitrogens with zero attached hydrogens (tertiary/aromatic N) is 3. The van der Waals surface area contributed by atoms with Crippen molar-refractivity contribution in [3.8, 4) is 5.75 Å². The zero-order valence-corrected chi connectivity index (χ0v) is 14.0. The fourth-order valence-corrected chi connectivity index (χ4v) is 4.00. The Hall–Kier alpha value is -2.39. The topological polar surface area (TPSA) is 95.6 Å². The van der Waals surface area contributed by atoms with E-state index in [1.807, 2.05) is 0 Å². The van der Waals surface area contributed by atoms with Gasteiger partial charge in [-0.1, -0.05) is 0 Å². The van der Waals surface area contributed by atoms with Crippen molar-refractivity contribution < 1.29 is 17.9 Å². The third kappa shape index (κ3) is 3.13. The van der Waals surface area contributed by atoms with Gasteiger partial charge in [0.1, 0.15) is 5.75 Å². The number of methoxy groups -OCH3 is 1. The number of aromatic nitrogens is 2. The van der Waals surface area contributed by atoms with E-state index >= 15 is 0 Å². The van der Waals surface area contributed by atoms with Crippen LogP contribution in [0.15, 0.2) is 41.6 Å². The molecular formula is C15H18N4O4S. The van der Waals surface area contributed by atoms with Crippen LogP contribution in [0.4, 0.5) is 0 Å². The van der Waals surface area contributed by atoms with Crippen LogP contribution in [0, 0.1) is 0 Å². The molecule has 1 N–H and O–H groups in total. The van der Waals surface area contributed by atoms with E-state index < -0.39 is 10.0 Å². The molecule has 1 fully saturated rings. The van der Waals surface area contributed by atoms with Crippen LogP contribution in [-0.4, -0.2) is 67.0 Å². The number of aromatic amines is 1. The Balaban J connectivity index is 1.68. The summed E-state index contributed by atoms with van der Waals surface area (Å²) in [5.74, 6) is 0.453. The Bertz CT molecular complexity index is 795. The van der Waals surface area contributed by atoms with E-state index in [1.165, 1.54) is 35.9 Å². The van der Waals surface area contributed by atoms with Crippen LogP contribution in [0.1, 0.15) is 10.4 Å². The predicted molar refractivity (Wildman–Crippen MR) is 86.2 cm³/mol. The van der Waals surface area contributed by atoms with Crippen molar-refractivity contribution in [1.29, 1.82) is 0 Å². The lowest BCUT2D eigenvalue weighted by molar-refractivity contribution is 0.0698. The van der Waals surface area contributed by atoms with Crippen molar-refractivity contribution in [1.82, 2.24) is 19.4 Å². The average molecular weight is 350 g/mol. The third-order valence-electron chi connectivity index (χ3n) is 3.97. The molecule has 0 unspecified atom stereocenters. The predicted octanol–water partition coefficient (Wildman–Crippen LogP) is 0.565. The summed E-state index contributed by atoms with van der Waals surface area (Å²) >= 11 is 0. The summed E-state index contributed by atoms with van der Waals surface area (Å²) in [6, 6.07) is 6.28. The summed E-state index contributed by atoms with van der Waals surface area (Å²) in [6.45, 7) is 1.22. The molecule has 0 aliphatic carbocycles. The number of hydrogen-bond donors (Lipinski definition) is 1. The number of nitrogens with one attached hydrogen (secondary N) is 1. The van der Waals surface area contributed by atoms with Gasteiger partial charge in [-0.2, -0.15) is 9.40 Å². The molecule has 1 amide bonds. The van der Waals surface area contributed by atoms with Gasteiger partial charge in [-0.05, 0) is 24.3 Å². The molecule has 2 aromatic rings. The summed E-state index contributed by atoms with van der Waals surface area (Å²) in [6.07, 6.45) is 2.99. The molecule has 0 spiro atoms. The highest BCUT2D eigenvalue weighted by Gasteiger charge is 2.30. The molecule has 24 heavy (non-hydrogen) atoms. The van der Waals surface area contributed by atoms with Crippen LogP contribution >= 0.6 is 0 Å². The first kappa shape index (κ1) is 16.5. The Labute approximate surface area is 140 Å². The molecule has 3 rings (SSSR count). The number of amides is 1. The van der Waals surface area contributed by atoms with E-state index in [4.69, 9.17) is 4.74 Å². The first-order valence-corrected chi connectivity index (χ1v) is 8.88. The Morgan fingerprint density at radius 3 is 2.38 bits per heavy atom. The van der Waals surface area contributed by atoms with Gasteiger partial charge < -0.3 is 9.64 Å². The summed E-state index contributed by atoms with van der Waals surface area (Å²) in [7, 11) is -2.04. The van der Waals surface area contributed by atoms with Gasteiger partial charge in [0.15, 0.2) is 0 Å². The highest BCUT2D eigenvalue weighted by molar-refractivity contribution is 7.89. The summed E-state index contributed by atoms with van der Waals surface area (Å²) in [4.78, 5) is 14.1. The zero-order chi connectivity index (χ0) is 17.2. The molecule has 8 nitrogen and oxygen atoms in total. The van der Waals surface area contributed by atoms with Gasteiger partial charge in [-0.15, -0.1) is 0 Å². The SMILES string of the molecule is COc1ccc(S(=O)(=O)N2CCN(C(=O)c3cn[nH]c3)CC2)cc1. The van der Waals surface area contributed by atoms with Gasteiger partial charge in [0.05, 0.1) is 23.8 Å². The summed E-state index contributed by atoms with van der Waals surface area (Å²) < 4.78 is 31.8. The number of sulfonamides is 1. The van der Waals surface area contributed by atoms with E-state index in [-0.39, 0.29) is 23.9 Å². The number of piperazine rings is 1. The smallest absolute Gasteiger partial charge is 0.257 e. The number of hydrogen-bond acceptors (Lipinski definition) is 5. The molecule has 0 bridgehead atoms. The van der Waals surface area contributed by atoms with Gasteiger partial charge in [-0.3, -0.25) is 9.89 Å². The molecule has 0 saturated carbocycles. The maximum atomic E-state index is 12.7. The number of carbonyl (C=O) groups excluding carboxylic acids is 1. The van der Waals surface area contributed by atoms with Gasteiger partial charge in [0, 0.05) is 32.4 Å². The van der Waals surface area contributed by atoms with Crippen LogP contribution < -0.4 is 4.74 Å². The van der Waals surface area contributed by atoms with Gasteiger partial charge in [-0.25, -0.2) is 8.42 Å². The molecule has 0 atom stereocenters. The minimum atomic E-state index is -3.57. The van der Waals surface area contributed by atoms with E-state index in [2.05, 4.69) is 10.2 Å². The van der Waals surface area contributed by atoms with Crippen molar-refractivity contribution in [2.75, 3.05) is 33.3 Å². The number of ether oxygens (including phenoxy) is 1. The Morgan fingerprint density at radius 2 is 1.83 bits per heavy atom. The quantitative estimate of drug-likeness (QED) is 0.869. The number of benzene rings is 1. The second kappa shape index (κ2) is 6.62. The normalized spacial score (nSPS) is 16.1. The fraction of sp³-hybridized carbons (Fsp3) is 0.333. The lowest BCUT2D eigenvalue weighted by Gasteiger charge is -2.33. The van der Waals surface area contributed by atoms with Crippen LogP contribution in [0.2, 0.25) is 0 Å². The number of rotatable bonds is 4. The Morgan fingerprint density at radius 1 is 1.17 bits per heavy atom. The summed E-state index contributed by atoms with van der Waals surface area (Å²) in [5, 5.41) is 6.36. The lowest BCUT2D eigenvalue weighted by Crippen LogP contribution is -2.50. The van der Waals surface area contributed by atoms with Crippen LogP contribution in [0.25, 0.3) is 0 Å². The molecule has 2 heterocycles. The fourth-order valence-electron chi connectivity index (χ4n) is 2.58. The van der Waals surface area contributed by atoms with Gasteiger partial charge >= 0.3 is 0 Å². The van der Waals surface area contributed by atoms with Crippen LogP contribution in [0.5, 0.6) is 5.75 Å². The molecule has 1 aromatic heterocycles. The molecule has 1 aromatic carbocycles. The monoisotopic (exact) mass is 350 g/mol. The maximum Gasteiger partial charge on any atom is 0.257 e. The summed E-state index contributed by atoms with van der Waals surface area (Å²) in [5.41, 5.74) is 0.474. The first-order chi connectivity index (χ1) is 11.5. The van der Waals surface area contributed by atoms with Crippen molar-refractivity contribution in [3.05, 3.63) is 42.2 Å². The molecular weight excluding hydrogens is 332 g/mol. The van der Waals surface area contributed by atoms with E-state index in [9.17, 15) is 13.2 Å². The third-order valence-corrected chi connectivity index (χ3v) is 5.88. The van der Waals surface area contributed by atoms with E-state index in [1.54, 1.807) is 17.0 Å². The van der Waals surface area contributed by atoms with Crippen molar-refractivity contribution in [3.63, 3.8) is 0 Å². The van der Waals surface area contributed by atoms with E-state index in [0.717, 1.165) is 0 Å². The number of carbonyl (C=O) groups is 1. The highest BCUT2D eigenvalue weighted by atomic mass is 32.2. The molecule has 1 aliphatic heterocycles. The van der Waals surface area contributed by atoms with Gasteiger partial charge in [0.25, 0.3) is 5.91 Å². The van der Waals surface area contributed by atoms with Crippen LogP contribution in [0.3, 0.4) is 0 Å². The van der Waals surface area contributed by atoms with Crippen molar-refractivity contribution in [2.24, 2.45) is 0 Å². The average Bonchev–Trinajstić information content (AvgIpc) is 3.16. The molecule has 1 aliphatic rings. The second-order valence-corrected chi connectivity index (χ2v) is 7.30. The minimum Gasteiger partial charge on any atom is -0.497 e. The molecule has 128 valence electrons. The largest absolute Gasteiger partial charge is 0.497 e. The minimum absolute atomic E-state index is 0.148. The standard InChI is InChI=1S/C15H18N4O4S/c1-23-13-2-4-14(5-3-13)24(21,22)19-8-6-18(7-9-19)15(20)12-10-16-17-11-12/h2-5,10-11H,6-9H2,1H3,(H,16,17). The van der Waals surface area contributed by atoms with Crippen molar-refractivity contribution >= 4 is 15.9 Å². The Kier molecular flexibility index (Phi) is 4.54. The number of H-pyrrole nitrogens is 1. The second-order valence-electron chi connectivity index (χ2n) is 5.36. The lowest BCUT2D eigenvalue weighted by atomic mass is 10.2. The molecule has 0 radical (unpaired) electrons. The zero-order valence-electron chi connectivity index (χ0n) is 13.2. The van der Waals surface area contributed by atoms with E-state index in [0.29, 0.717) is 24.4 Å². The molecule has 1 saturated heterocycles. The first-order valence-electron chi connectivity index (χ1n) is 7.44. The van der Waals surface area contributed by atoms with Crippen LogP contribution in [-0.2, 0) is 10.0 Å². The maximum absolute atomic E-state index is 12.7. The van der Waals surface area contributed by atoms with Gasteiger partial charge in [0.2, 0.25) is 10.0 Å². The molecule has 9 heteroatoms. The highest BCUT2D eigenvalue weighted by Crippen LogP contribution is 2.21.